The van der Waals surface area contributed by atoms with Crippen molar-refractivity contribution >= 4 is 11.4 Å². The van der Waals surface area contributed by atoms with Crippen molar-refractivity contribution in [1.29, 1.82) is 0 Å². The van der Waals surface area contributed by atoms with E-state index in [0.717, 1.165) is 23.6 Å². The molecule has 1 aromatic carbocycles. The zero-order valence-electron chi connectivity index (χ0n) is 12.1. The lowest BCUT2D eigenvalue weighted by atomic mass is 10.2. The maximum Gasteiger partial charge on any atom is 0.125 e. The number of hydrogen-bond donors (Lipinski definition) is 1. The Morgan fingerprint density at radius 3 is 2.65 bits per heavy atom. The summed E-state index contributed by atoms with van der Waals surface area (Å²) >= 11 is 0. The standard InChI is InChI=1S/C16H20FN3/c1-12(2)19-11-14-10-16(7-8-18-14)20(3)15-6-4-5-13(17)9-15/h4-10,12,19H,11H2,1-3H3. The van der Waals surface area contributed by atoms with Gasteiger partial charge in [-0.15, -0.1) is 0 Å². The molecule has 2 rings (SSSR count). The molecule has 0 aliphatic rings. The minimum absolute atomic E-state index is 0.231. The average molecular weight is 273 g/mol. The van der Waals surface area contributed by atoms with Crippen molar-refractivity contribution in [3.63, 3.8) is 0 Å². The molecule has 1 aromatic heterocycles. The van der Waals surface area contributed by atoms with Crippen molar-refractivity contribution in [3.8, 4) is 0 Å². The van der Waals surface area contributed by atoms with E-state index >= 15 is 0 Å². The molecule has 0 saturated heterocycles. The molecular weight excluding hydrogens is 253 g/mol. The fourth-order valence-corrected chi connectivity index (χ4v) is 1.91. The summed E-state index contributed by atoms with van der Waals surface area (Å²) in [7, 11) is 1.92. The Balaban J connectivity index is 2.17. The van der Waals surface area contributed by atoms with Gasteiger partial charge in [0.2, 0.25) is 0 Å². The van der Waals surface area contributed by atoms with Gasteiger partial charge in [0.05, 0.1) is 5.69 Å². The van der Waals surface area contributed by atoms with Crippen LogP contribution >= 0.6 is 0 Å². The molecule has 20 heavy (non-hydrogen) atoms. The van der Waals surface area contributed by atoms with Crippen LogP contribution in [-0.4, -0.2) is 18.1 Å². The Kier molecular flexibility index (Phi) is 4.69. The molecular formula is C16H20FN3. The van der Waals surface area contributed by atoms with E-state index in [1.54, 1.807) is 12.3 Å². The molecule has 0 aliphatic heterocycles. The molecule has 0 spiro atoms. The first-order valence-corrected chi connectivity index (χ1v) is 6.74. The Morgan fingerprint density at radius 2 is 1.95 bits per heavy atom. The zero-order chi connectivity index (χ0) is 14.5. The second-order valence-corrected chi connectivity index (χ2v) is 5.08. The number of anilines is 2. The molecule has 0 atom stereocenters. The van der Waals surface area contributed by atoms with Gasteiger partial charge < -0.3 is 10.2 Å². The number of nitrogens with one attached hydrogen (secondary N) is 1. The van der Waals surface area contributed by atoms with Gasteiger partial charge in [0.15, 0.2) is 0 Å². The molecule has 0 radical (unpaired) electrons. The summed E-state index contributed by atoms with van der Waals surface area (Å²) in [5, 5.41) is 3.34. The zero-order valence-corrected chi connectivity index (χ0v) is 12.1. The predicted molar refractivity (Wildman–Crippen MR) is 80.7 cm³/mol. The Hall–Kier alpha value is -1.94. The predicted octanol–water partition coefficient (Wildman–Crippen LogP) is 3.49. The minimum atomic E-state index is -0.231. The second kappa shape index (κ2) is 6.48. The van der Waals surface area contributed by atoms with E-state index in [1.165, 1.54) is 12.1 Å². The van der Waals surface area contributed by atoms with Gasteiger partial charge in [-0.3, -0.25) is 4.98 Å². The highest BCUT2D eigenvalue weighted by molar-refractivity contribution is 5.62. The van der Waals surface area contributed by atoms with E-state index < -0.39 is 0 Å². The molecule has 1 N–H and O–H groups in total. The van der Waals surface area contributed by atoms with Crippen molar-refractivity contribution in [2.45, 2.75) is 26.4 Å². The average Bonchev–Trinajstić information content (AvgIpc) is 2.44. The highest BCUT2D eigenvalue weighted by Gasteiger charge is 2.06. The highest BCUT2D eigenvalue weighted by atomic mass is 19.1. The molecule has 4 heteroatoms. The Morgan fingerprint density at radius 1 is 1.20 bits per heavy atom. The van der Waals surface area contributed by atoms with Crippen molar-refractivity contribution < 1.29 is 4.39 Å². The molecule has 106 valence electrons. The quantitative estimate of drug-likeness (QED) is 0.904. The van der Waals surface area contributed by atoms with E-state index in [0.29, 0.717) is 6.04 Å². The van der Waals surface area contributed by atoms with Gasteiger partial charge >= 0.3 is 0 Å². The lowest BCUT2D eigenvalue weighted by Gasteiger charge is -2.20. The van der Waals surface area contributed by atoms with E-state index in [1.807, 2.05) is 30.1 Å². The second-order valence-electron chi connectivity index (χ2n) is 5.08. The molecule has 2 aromatic rings. The van der Waals surface area contributed by atoms with Crippen LogP contribution in [0.5, 0.6) is 0 Å². The number of pyridine rings is 1. The first-order chi connectivity index (χ1) is 9.56. The number of halogens is 1. The smallest absolute Gasteiger partial charge is 0.125 e. The SMILES string of the molecule is CC(C)NCc1cc(N(C)c2cccc(F)c2)ccn1. The summed E-state index contributed by atoms with van der Waals surface area (Å²) in [6.07, 6.45) is 1.78. The van der Waals surface area contributed by atoms with Gasteiger partial charge in [-0.1, -0.05) is 19.9 Å². The Labute approximate surface area is 119 Å². The van der Waals surface area contributed by atoms with E-state index in [-0.39, 0.29) is 5.82 Å². The summed E-state index contributed by atoms with van der Waals surface area (Å²) in [6.45, 7) is 4.92. The topological polar surface area (TPSA) is 28.2 Å². The third kappa shape index (κ3) is 3.78. The largest absolute Gasteiger partial charge is 0.344 e. The van der Waals surface area contributed by atoms with Crippen molar-refractivity contribution in [3.05, 3.63) is 54.1 Å². The first kappa shape index (κ1) is 14.5. The van der Waals surface area contributed by atoms with Crippen LogP contribution in [0, 0.1) is 5.82 Å². The number of nitrogens with zero attached hydrogens (tertiary/aromatic N) is 2. The molecule has 1 heterocycles. The van der Waals surface area contributed by atoms with Crippen LogP contribution in [0.25, 0.3) is 0 Å². The van der Waals surface area contributed by atoms with Gasteiger partial charge in [-0.05, 0) is 30.3 Å². The molecule has 0 aliphatic carbocycles. The van der Waals surface area contributed by atoms with Crippen LogP contribution in [0.2, 0.25) is 0 Å². The van der Waals surface area contributed by atoms with Crippen LogP contribution in [-0.2, 0) is 6.54 Å². The molecule has 0 amide bonds. The lowest BCUT2D eigenvalue weighted by molar-refractivity contribution is 0.581. The molecule has 0 saturated carbocycles. The van der Waals surface area contributed by atoms with Crippen LogP contribution in [0.3, 0.4) is 0 Å². The summed E-state index contributed by atoms with van der Waals surface area (Å²) in [6, 6.07) is 10.9. The van der Waals surface area contributed by atoms with Crippen LogP contribution in [0.1, 0.15) is 19.5 Å². The van der Waals surface area contributed by atoms with Crippen LogP contribution in [0.15, 0.2) is 42.6 Å². The number of rotatable bonds is 5. The van der Waals surface area contributed by atoms with Gasteiger partial charge in [-0.2, -0.15) is 0 Å². The molecule has 0 unspecified atom stereocenters. The maximum atomic E-state index is 13.3. The summed E-state index contributed by atoms with van der Waals surface area (Å²) < 4.78 is 13.3. The number of benzene rings is 1. The fourth-order valence-electron chi connectivity index (χ4n) is 1.91. The van der Waals surface area contributed by atoms with Crippen molar-refractivity contribution in [2.75, 3.05) is 11.9 Å². The van der Waals surface area contributed by atoms with Crippen molar-refractivity contribution in [2.24, 2.45) is 0 Å². The van der Waals surface area contributed by atoms with Gasteiger partial charge in [-0.25, -0.2) is 4.39 Å². The number of aromatic nitrogens is 1. The third-order valence-corrected chi connectivity index (χ3v) is 3.07. The van der Waals surface area contributed by atoms with Crippen LogP contribution in [0.4, 0.5) is 15.8 Å². The lowest BCUT2D eigenvalue weighted by Crippen LogP contribution is -2.22. The van der Waals surface area contributed by atoms with E-state index in [2.05, 4.69) is 24.1 Å². The van der Waals surface area contributed by atoms with E-state index in [9.17, 15) is 4.39 Å². The summed E-state index contributed by atoms with van der Waals surface area (Å²) in [5.41, 5.74) is 2.78. The summed E-state index contributed by atoms with van der Waals surface area (Å²) in [5.74, 6) is -0.231. The fraction of sp³-hybridized carbons (Fsp3) is 0.312. The van der Waals surface area contributed by atoms with Gasteiger partial charge in [0.25, 0.3) is 0 Å². The normalized spacial score (nSPS) is 10.8. The number of hydrogen-bond acceptors (Lipinski definition) is 3. The summed E-state index contributed by atoms with van der Waals surface area (Å²) in [4.78, 5) is 6.29. The van der Waals surface area contributed by atoms with Gasteiger partial charge in [0, 0.05) is 37.2 Å². The molecule has 0 fully saturated rings. The maximum absolute atomic E-state index is 13.3. The third-order valence-electron chi connectivity index (χ3n) is 3.07. The molecule has 0 bridgehead atoms. The van der Waals surface area contributed by atoms with Crippen LogP contribution < -0.4 is 10.2 Å². The highest BCUT2D eigenvalue weighted by Crippen LogP contribution is 2.24. The van der Waals surface area contributed by atoms with Crippen molar-refractivity contribution in [1.82, 2.24) is 10.3 Å². The van der Waals surface area contributed by atoms with Gasteiger partial charge in [0.1, 0.15) is 5.82 Å². The first-order valence-electron chi connectivity index (χ1n) is 6.74. The van der Waals surface area contributed by atoms with E-state index in [4.69, 9.17) is 0 Å². The molecule has 3 nitrogen and oxygen atoms in total. The Bertz CT molecular complexity index is 569. The minimum Gasteiger partial charge on any atom is -0.344 e. The monoisotopic (exact) mass is 273 g/mol.